The van der Waals surface area contributed by atoms with Gasteiger partial charge in [-0.25, -0.2) is 9.97 Å². The number of amides is 1. The van der Waals surface area contributed by atoms with Gasteiger partial charge in [-0.05, 0) is 63.0 Å². The van der Waals surface area contributed by atoms with Gasteiger partial charge in [0.15, 0.2) is 0 Å². The van der Waals surface area contributed by atoms with Gasteiger partial charge in [0.25, 0.3) is 5.91 Å². The summed E-state index contributed by atoms with van der Waals surface area (Å²) in [5.41, 5.74) is 1.23. The van der Waals surface area contributed by atoms with E-state index in [0.717, 1.165) is 70.0 Å². The Morgan fingerprint density at radius 3 is 2.38 bits per heavy atom. The lowest BCUT2D eigenvalue weighted by atomic mass is 9.71. The highest BCUT2D eigenvalue weighted by Gasteiger charge is 2.41. The van der Waals surface area contributed by atoms with Crippen LogP contribution in [0.4, 0.5) is 0 Å². The van der Waals surface area contributed by atoms with Crippen LogP contribution in [-0.2, 0) is 5.41 Å². The van der Waals surface area contributed by atoms with Crippen molar-refractivity contribution in [1.82, 2.24) is 24.7 Å². The number of carbonyl (C=O) groups excluding carboxylic acids is 1. The van der Waals surface area contributed by atoms with Gasteiger partial charge in [-0.3, -0.25) is 4.79 Å². The van der Waals surface area contributed by atoms with Crippen molar-refractivity contribution in [2.45, 2.75) is 44.9 Å². The lowest BCUT2D eigenvalue weighted by molar-refractivity contribution is 0.0663. The number of hydrogen-bond donors (Lipinski definition) is 1. The number of aromatic nitrogens is 2. The standard InChI is InChI=1S/C27H39N5O2/c1-4-6-21(2)20-31-11-9-27(10-12-31,23-7-5-8-24(33)17-23)26-28-18-22(19-29-26)25(34)32-15-13-30(3)14-16-32/h5,7-8,17-19,21,33H,4,6,9-16,20H2,1-3H3. The maximum Gasteiger partial charge on any atom is 0.257 e. The van der Waals surface area contributed by atoms with Crippen molar-refractivity contribution >= 4 is 5.91 Å². The Hall–Kier alpha value is -2.51. The van der Waals surface area contributed by atoms with Gasteiger partial charge in [-0.2, -0.15) is 0 Å². The van der Waals surface area contributed by atoms with Gasteiger partial charge in [0.1, 0.15) is 11.6 Å². The lowest BCUT2D eigenvalue weighted by Gasteiger charge is -2.42. The average molecular weight is 466 g/mol. The number of benzene rings is 1. The predicted molar refractivity (Wildman–Crippen MR) is 134 cm³/mol. The molecule has 1 N–H and O–H groups in total. The van der Waals surface area contributed by atoms with E-state index < -0.39 is 0 Å². The largest absolute Gasteiger partial charge is 0.508 e. The summed E-state index contributed by atoms with van der Waals surface area (Å²) in [5.74, 6) is 1.70. The van der Waals surface area contributed by atoms with E-state index in [1.165, 1.54) is 12.8 Å². The SMILES string of the molecule is CCCC(C)CN1CCC(c2cccc(O)c2)(c2ncc(C(=O)N3CCN(C)CC3)cn2)CC1. The zero-order chi connectivity index (χ0) is 24.1. The van der Waals surface area contributed by atoms with Gasteiger partial charge in [0.2, 0.25) is 0 Å². The fourth-order valence-corrected chi connectivity index (χ4v) is 5.46. The highest BCUT2D eigenvalue weighted by atomic mass is 16.3. The van der Waals surface area contributed by atoms with Crippen LogP contribution in [-0.4, -0.2) is 88.5 Å². The Bertz CT molecular complexity index is 948. The normalized spacial score (nSPS) is 20.3. The second kappa shape index (κ2) is 10.8. The number of piperidine rings is 1. The number of carbonyl (C=O) groups is 1. The lowest BCUT2D eigenvalue weighted by Crippen LogP contribution is -2.47. The van der Waals surface area contributed by atoms with Crippen molar-refractivity contribution < 1.29 is 9.90 Å². The minimum atomic E-state index is -0.362. The molecule has 1 aromatic heterocycles. The van der Waals surface area contributed by atoms with Crippen LogP contribution in [0.2, 0.25) is 0 Å². The van der Waals surface area contributed by atoms with Crippen LogP contribution in [0.25, 0.3) is 0 Å². The first-order chi connectivity index (χ1) is 16.4. The van der Waals surface area contributed by atoms with Crippen molar-refractivity contribution in [2.75, 3.05) is 52.9 Å². The van der Waals surface area contributed by atoms with Gasteiger partial charge < -0.3 is 19.8 Å². The zero-order valence-electron chi connectivity index (χ0n) is 20.9. The summed E-state index contributed by atoms with van der Waals surface area (Å²) >= 11 is 0. The molecule has 2 aromatic rings. The molecule has 0 spiro atoms. The third kappa shape index (κ3) is 5.41. The Balaban J connectivity index is 1.55. The third-order valence-electron chi connectivity index (χ3n) is 7.58. The number of hydrogen-bond acceptors (Lipinski definition) is 6. The summed E-state index contributed by atoms with van der Waals surface area (Å²) in [7, 11) is 2.08. The van der Waals surface area contributed by atoms with E-state index in [0.29, 0.717) is 11.5 Å². The maximum absolute atomic E-state index is 13.0. The minimum Gasteiger partial charge on any atom is -0.508 e. The molecule has 4 rings (SSSR count). The van der Waals surface area contributed by atoms with E-state index in [1.54, 1.807) is 18.5 Å². The Morgan fingerprint density at radius 1 is 1.09 bits per heavy atom. The van der Waals surface area contributed by atoms with E-state index in [4.69, 9.17) is 9.97 Å². The van der Waals surface area contributed by atoms with Crippen LogP contribution in [0.15, 0.2) is 36.7 Å². The Labute approximate surface area is 203 Å². The number of nitrogens with zero attached hydrogens (tertiary/aromatic N) is 5. The quantitative estimate of drug-likeness (QED) is 0.676. The molecule has 1 amide bonds. The van der Waals surface area contributed by atoms with Crippen LogP contribution in [0, 0.1) is 5.92 Å². The molecule has 0 bridgehead atoms. The van der Waals surface area contributed by atoms with Crippen LogP contribution in [0.1, 0.15) is 61.3 Å². The van der Waals surface area contributed by atoms with Crippen molar-refractivity contribution in [3.63, 3.8) is 0 Å². The van der Waals surface area contributed by atoms with E-state index in [1.807, 2.05) is 17.0 Å². The molecule has 0 radical (unpaired) electrons. The molecule has 0 aliphatic carbocycles. The van der Waals surface area contributed by atoms with Crippen LogP contribution < -0.4 is 0 Å². The van der Waals surface area contributed by atoms with Crippen molar-refractivity contribution in [3.8, 4) is 5.75 Å². The summed E-state index contributed by atoms with van der Waals surface area (Å²) in [5, 5.41) is 10.2. The van der Waals surface area contributed by atoms with Gasteiger partial charge in [-0.15, -0.1) is 0 Å². The van der Waals surface area contributed by atoms with E-state index >= 15 is 0 Å². The predicted octanol–water partition coefficient (Wildman–Crippen LogP) is 3.39. The van der Waals surface area contributed by atoms with Crippen molar-refractivity contribution in [2.24, 2.45) is 5.92 Å². The molecule has 0 saturated carbocycles. The first kappa shape index (κ1) is 24.6. The fraction of sp³-hybridized carbons (Fsp3) is 0.593. The van der Waals surface area contributed by atoms with Crippen LogP contribution in [0.3, 0.4) is 0 Å². The first-order valence-corrected chi connectivity index (χ1v) is 12.7. The zero-order valence-corrected chi connectivity index (χ0v) is 20.9. The maximum atomic E-state index is 13.0. The van der Waals surface area contributed by atoms with E-state index in [2.05, 4.69) is 36.8 Å². The number of phenols is 1. The molecular formula is C27H39N5O2. The third-order valence-corrected chi connectivity index (χ3v) is 7.58. The van der Waals surface area contributed by atoms with E-state index in [9.17, 15) is 9.90 Å². The molecule has 2 aliphatic rings. The van der Waals surface area contributed by atoms with Gasteiger partial charge in [0, 0.05) is 45.1 Å². The fourth-order valence-electron chi connectivity index (χ4n) is 5.46. The number of aromatic hydroxyl groups is 1. The number of phenolic OH excluding ortho intramolecular Hbond substituents is 1. The second-order valence-corrected chi connectivity index (χ2v) is 10.2. The number of piperazine rings is 1. The first-order valence-electron chi connectivity index (χ1n) is 12.7. The van der Waals surface area contributed by atoms with E-state index in [-0.39, 0.29) is 17.1 Å². The molecular weight excluding hydrogens is 426 g/mol. The molecule has 2 fully saturated rings. The van der Waals surface area contributed by atoms with Crippen LogP contribution in [0.5, 0.6) is 5.75 Å². The molecule has 2 saturated heterocycles. The molecule has 1 aromatic carbocycles. The Morgan fingerprint density at radius 2 is 1.76 bits per heavy atom. The topological polar surface area (TPSA) is 72.8 Å². The summed E-state index contributed by atoms with van der Waals surface area (Å²) in [6.45, 7) is 10.9. The van der Waals surface area contributed by atoms with Crippen molar-refractivity contribution in [3.05, 3.63) is 53.6 Å². The second-order valence-electron chi connectivity index (χ2n) is 10.2. The molecule has 7 nitrogen and oxygen atoms in total. The van der Waals surface area contributed by atoms with Gasteiger partial charge in [-0.1, -0.05) is 32.4 Å². The monoisotopic (exact) mass is 465 g/mol. The highest BCUT2D eigenvalue weighted by Crippen LogP contribution is 2.41. The molecule has 1 unspecified atom stereocenters. The van der Waals surface area contributed by atoms with Crippen LogP contribution >= 0.6 is 0 Å². The summed E-state index contributed by atoms with van der Waals surface area (Å²) in [6, 6.07) is 7.52. The summed E-state index contributed by atoms with van der Waals surface area (Å²) < 4.78 is 0. The number of likely N-dealkylation sites (tertiary alicyclic amines) is 1. The number of likely N-dealkylation sites (N-methyl/N-ethyl adjacent to an activating group) is 1. The number of rotatable bonds is 7. The minimum absolute atomic E-state index is 0.00536. The molecule has 2 aliphatic heterocycles. The van der Waals surface area contributed by atoms with Crippen molar-refractivity contribution in [1.29, 1.82) is 0 Å². The summed E-state index contributed by atoms with van der Waals surface area (Å²) in [6.07, 6.45) is 7.64. The molecule has 34 heavy (non-hydrogen) atoms. The van der Waals surface area contributed by atoms with Gasteiger partial charge in [0.05, 0.1) is 11.0 Å². The molecule has 7 heteroatoms. The summed E-state index contributed by atoms with van der Waals surface area (Å²) in [4.78, 5) is 29.2. The van der Waals surface area contributed by atoms with Gasteiger partial charge >= 0.3 is 0 Å². The molecule has 184 valence electrons. The highest BCUT2D eigenvalue weighted by molar-refractivity contribution is 5.93. The molecule has 1 atom stereocenters. The average Bonchev–Trinajstić information content (AvgIpc) is 2.85. The Kier molecular flexibility index (Phi) is 7.84. The molecule has 3 heterocycles. The smallest absolute Gasteiger partial charge is 0.257 e.